The number of Topliss-reactive ketones (excluding diaryl/α,β-unsaturated/α-hetero) is 1. The van der Waals surface area contributed by atoms with Crippen molar-refractivity contribution in [2.45, 2.75) is 51.9 Å². The molecule has 0 N–H and O–H groups in total. The molecule has 0 amide bonds. The second-order valence-electron chi connectivity index (χ2n) is 8.39. The van der Waals surface area contributed by atoms with E-state index >= 15 is 0 Å². The maximum atomic E-state index is 13.6. The van der Waals surface area contributed by atoms with Crippen molar-refractivity contribution in [2.75, 3.05) is 26.2 Å². The van der Waals surface area contributed by atoms with Crippen LogP contribution in [0.1, 0.15) is 51.0 Å². The van der Waals surface area contributed by atoms with Crippen LogP contribution in [0.3, 0.4) is 0 Å². The fourth-order valence-corrected chi connectivity index (χ4v) is 5.16. The molecule has 1 aliphatic heterocycles. The molecule has 0 aromatic heterocycles. The molecule has 2 atom stereocenters. The molecule has 1 saturated carbocycles. The molecule has 1 aromatic rings. The number of ether oxygens (including phenoxy) is 1. The number of carbonyl (C=O) groups is 2. The number of benzene rings is 1. The summed E-state index contributed by atoms with van der Waals surface area (Å²) < 4.78 is 5.39. The van der Waals surface area contributed by atoms with E-state index in [2.05, 4.69) is 35.7 Å². The zero-order valence-electron chi connectivity index (χ0n) is 17.1. The highest BCUT2D eigenvalue weighted by atomic mass is 16.5. The summed E-state index contributed by atoms with van der Waals surface area (Å²) in [4.78, 5) is 28.8. The van der Waals surface area contributed by atoms with E-state index in [1.807, 2.05) is 19.1 Å². The summed E-state index contributed by atoms with van der Waals surface area (Å²) in [6.07, 6.45) is 7.92. The van der Waals surface area contributed by atoms with E-state index in [-0.39, 0.29) is 11.8 Å². The van der Waals surface area contributed by atoms with Crippen molar-refractivity contribution < 1.29 is 14.3 Å². The summed E-state index contributed by atoms with van der Waals surface area (Å²) in [5.74, 6) is -0.179. The quantitative estimate of drug-likeness (QED) is 0.364. The van der Waals surface area contributed by atoms with Gasteiger partial charge in [0.15, 0.2) is 5.78 Å². The van der Waals surface area contributed by atoms with E-state index in [1.54, 1.807) is 0 Å². The van der Waals surface area contributed by atoms with E-state index < -0.39 is 10.8 Å². The Bertz CT molecular complexity index is 701. The Morgan fingerprint density at radius 3 is 2.75 bits per heavy atom. The summed E-state index contributed by atoms with van der Waals surface area (Å²) in [5.41, 5.74) is -0.0674. The van der Waals surface area contributed by atoms with Gasteiger partial charge in [0, 0.05) is 18.5 Å². The van der Waals surface area contributed by atoms with Crippen LogP contribution in [0.15, 0.2) is 43.0 Å². The molecule has 3 rings (SSSR count). The minimum atomic E-state index is -0.972. The van der Waals surface area contributed by atoms with Gasteiger partial charge in [0.25, 0.3) is 0 Å². The largest absolute Gasteiger partial charge is 0.465 e. The maximum absolute atomic E-state index is 13.6. The van der Waals surface area contributed by atoms with Gasteiger partial charge in [0.05, 0.1) is 6.61 Å². The number of carbonyl (C=O) groups excluding carboxylic acids is 2. The van der Waals surface area contributed by atoms with Gasteiger partial charge in [0.2, 0.25) is 0 Å². The molecule has 4 heteroatoms. The van der Waals surface area contributed by atoms with E-state index in [4.69, 9.17) is 4.74 Å². The lowest BCUT2D eigenvalue weighted by atomic mass is 9.56. The van der Waals surface area contributed by atoms with Crippen LogP contribution < -0.4 is 0 Å². The third kappa shape index (κ3) is 4.07. The summed E-state index contributed by atoms with van der Waals surface area (Å²) in [6, 6.07) is 10.5. The van der Waals surface area contributed by atoms with Crippen LogP contribution in [-0.4, -0.2) is 42.9 Å². The number of esters is 1. The molecule has 1 aliphatic carbocycles. The molecule has 0 radical (unpaired) electrons. The maximum Gasteiger partial charge on any atom is 0.320 e. The summed E-state index contributed by atoms with van der Waals surface area (Å²) in [7, 11) is 0. The van der Waals surface area contributed by atoms with Gasteiger partial charge in [-0.1, -0.05) is 42.8 Å². The molecule has 0 unspecified atom stereocenters. The Kier molecular flexibility index (Phi) is 6.71. The number of fused-ring (bicyclic) bond motifs is 2. The van der Waals surface area contributed by atoms with Gasteiger partial charge in [-0.3, -0.25) is 9.59 Å². The average molecular weight is 384 g/mol. The summed E-state index contributed by atoms with van der Waals surface area (Å²) >= 11 is 0. The first-order valence-corrected chi connectivity index (χ1v) is 10.7. The number of hydrogen-bond acceptors (Lipinski definition) is 4. The number of piperidine rings is 1. The monoisotopic (exact) mass is 383 g/mol. The third-order valence-electron chi connectivity index (χ3n) is 6.47. The molecule has 1 heterocycles. The van der Waals surface area contributed by atoms with Crippen molar-refractivity contribution in [2.24, 2.45) is 10.8 Å². The smallest absolute Gasteiger partial charge is 0.320 e. The Hall–Kier alpha value is -1.94. The Labute approximate surface area is 168 Å². The SMILES string of the molecule is C=CCC[C@@]12CCC[C@@](C(=O)OCC)(CN(CCCc3ccccc3)C1)C2=O. The van der Waals surface area contributed by atoms with Gasteiger partial charge < -0.3 is 9.64 Å². The van der Waals surface area contributed by atoms with Crippen LogP contribution in [0, 0.1) is 10.8 Å². The van der Waals surface area contributed by atoms with E-state index in [0.717, 1.165) is 51.6 Å². The first kappa shape index (κ1) is 20.8. The van der Waals surface area contributed by atoms with Gasteiger partial charge in [0.1, 0.15) is 5.41 Å². The number of aryl methyl sites for hydroxylation is 1. The highest BCUT2D eigenvalue weighted by Crippen LogP contribution is 2.51. The fourth-order valence-electron chi connectivity index (χ4n) is 5.16. The standard InChI is InChI=1S/C24H33NO3/c1-3-5-14-23-15-10-16-24(21(23)26,22(27)28-4-2)19-25(18-23)17-9-13-20-11-7-6-8-12-20/h3,6-8,11-12H,1,4-5,9-10,13-19H2,2H3/t23-,24-/m1/s1. The molecule has 28 heavy (non-hydrogen) atoms. The van der Waals surface area contributed by atoms with Crippen LogP contribution >= 0.6 is 0 Å². The van der Waals surface area contributed by atoms with E-state index in [9.17, 15) is 9.59 Å². The predicted molar refractivity (Wildman–Crippen MR) is 111 cm³/mol. The highest BCUT2D eigenvalue weighted by molar-refractivity contribution is 6.08. The Morgan fingerprint density at radius 1 is 1.25 bits per heavy atom. The summed E-state index contributed by atoms with van der Waals surface area (Å²) in [5, 5.41) is 0. The minimum absolute atomic E-state index is 0.130. The number of nitrogens with zero attached hydrogens (tertiary/aromatic N) is 1. The van der Waals surface area contributed by atoms with Crippen molar-refractivity contribution in [1.29, 1.82) is 0 Å². The molecule has 2 fully saturated rings. The predicted octanol–water partition coefficient (Wildman–Crippen LogP) is 4.19. The third-order valence-corrected chi connectivity index (χ3v) is 6.47. The van der Waals surface area contributed by atoms with Crippen molar-refractivity contribution >= 4 is 11.8 Å². The first-order valence-electron chi connectivity index (χ1n) is 10.7. The lowest BCUT2D eigenvalue weighted by Gasteiger charge is -2.53. The van der Waals surface area contributed by atoms with Crippen LogP contribution in [0.4, 0.5) is 0 Å². The summed E-state index contributed by atoms with van der Waals surface area (Å²) in [6.45, 7) is 8.14. The lowest BCUT2D eigenvalue weighted by Crippen LogP contribution is -2.65. The van der Waals surface area contributed by atoms with Crippen LogP contribution in [0.25, 0.3) is 0 Å². The van der Waals surface area contributed by atoms with Gasteiger partial charge in [-0.15, -0.1) is 6.58 Å². The molecular formula is C24H33NO3. The molecule has 1 aromatic carbocycles. The normalized spacial score (nSPS) is 27.4. The number of allylic oxidation sites excluding steroid dienone is 1. The van der Waals surface area contributed by atoms with Crippen LogP contribution in [0.5, 0.6) is 0 Å². The molecule has 0 spiro atoms. The second-order valence-corrected chi connectivity index (χ2v) is 8.39. The molecular weight excluding hydrogens is 350 g/mol. The minimum Gasteiger partial charge on any atom is -0.465 e. The first-order chi connectivity index (χ1) is 13.6. The molecule has 2 bridgehead atoms. The van der Waals surface area contributed by atoms with Gasteiger partial charge in [-0.25, -0.2) is 0 Å². The molecule has 152 valence electrons. The second kappa shape index (κ2) is 9.04. The van der Waals surface area contributed by atoms with E-state index in [0.29, 0.717) is 19.6 Å². The van der Waals surface area contributed by atoms with Crippen molar-refractivity contribution in [3.63, 3.8) is 0 Å². The molecule has 1 saturated heterocycles. The number of hydrogen-bond donors (Lipinski definition) is 0. The zero-order chi connectivity index (χ0) is 20.0. The number of likely N-dealkylation sites (tertiary alicyclic amines) is 1. The number of ketones is 1. The zero-order valence-corrected chi connectivity index (χ0v) is 17.1. The average Bonchev–Trinajstić information content (AvgIpc) is 2.69. The Balaban J connectivity index is 1.77. The topological polar surface area (TPSA) is 46.6 Å². The lowest BCUT2D eigenvalue weighted by molar-refractivity contribution is -0.176. The fraction of sp³-hybridized carbons (Fsp3) is 0.583. The van der Waals surface area contributed by atoms with Crippen molar-refractivity contribution in [3.8, 4) is 0 Å². The Morgan fingerprint density at radius 2 is 2.04 bits per heavy atom. The van der Waals surface area contributed by atoms with Crippen LogP contribution in [-0.2, 0) is 20.7 Å². The number of rotatable bonds is 9. The van der Waals surface area contributed by atoms with Gasteiger partial charge >= 0.3 is 5.97 Å². The van der Waals surface area contributed by atoms with E-state index in [1.165, 1.54) is 5.56 Å². The van der Waals surface area contributed by atoms with Gasteiger partial charge in [-0.2, -0.15) is 0 Å². The van der Waals surface area contributed by atoms with Crippen molar-refractivity contribution in [3.05, 3.63) is 48.6 Å². The highest BCUT2D eigenvalue weighted by Gasteiger charge is 2.61. The molecule has 4 nitrogen and oxygen atoms in total. The van der Waals surface area contributed by atoms with Gasteiger partial charge in [-0.05, 0) is 57.6 Å². The van der Waals surface area contributed by atoms with Crippen LogP contribution in [0.2, 0.25) is 0 Å². The molecule has 2 aliphatic rings. The van der Waals surface area contributed by atoms with Crippen molar-refractivity contribution in [1.82, 2.24) is 4.90 Å².